The zero-order valence-electron chi connectivity index (χ0n) is 12.0. The van der Waals surface area contributed by atoms with Gasteiger partial charge in [0.1, 0.15) is 6.67 Å². The van der Waals surface area contributed by atoms with Gasteiger partial charge in [0.15, 0.2) is 5.82 Å². The Morgan fingerprint density at radius 1 is 1.40 bits per heavy atom. The predicted octanol–water partition coefficient (Wildman–Crippen LogP) is 2.97. The molecule has 2 rings (SSSR count). The highest BCUT2D eigenvalue weighted by atomic mass is 35.5. The van der Waals surface area contributed by atoms with Crippen molar-refractivity contribution in [2.24, 2.45) is 0 Å². The number of nitrogens with zero attached hydrogens (tertiary/aromatic N) is 4. The lowest BCUT2D eigenvalue weighted by atomic mass is 10.3. The number of aryl methyl sites for hydroxylation is 2. The van der Waals surface area contributed by atoms with Gasteiger partial charge in [0.25, 0.3) is 0 Å². The molecule has 2 aromatic rings. The van der Waals surface area contributed by atoms with E-state index in [4.69, 9.17) is 0 Å². The Kier molecular flexibility index (Phi) is 6.01. The van der Waals surface area contributed by atoms with E-state index in [1.165, 1.54) is 0 Å². The van der Waals surface area contributed by atoms with Crippen LogP contribution in [0.25, 0.3) is 0 Å². The third-order valence-corrected chi connectivity index (χ3v) is 2.94. The SMILES string of the molecule is Cc1cn(CCF)nc1NCc1ccnn1C(C)C.Cl. The first-order chi connectivity index (χ1) is 9.11. The maximum absolute atomic E-state index is 12.3. The van der Waals surface area contributed by atoms with Crippen LogP contribution in [0.5, 0.6) is 0 Å². The molecule has 112 valence electrons. The zero-order chi connectivity index (χ0) is 13.8. The molecule has 7 heteroatoms. The highest BCUT2D eigenvalue weighted by molar-refractivity contribution is 5.85. The Morgan fingerprint density at radius 3 is 2.80 bits per heavy atom. The van der Waals surface area contributed by atoms with E-state index < -0.39 is 6.67 Å². The number of rotatable bonds is 6. The van der Waals surface area contributed by atoms with Gasteiger partial charge >= 0.3 is 0 Å². The van der Waals surface area contributed by atoms with Crippen LogP contribution in [0, 0.1) is 6.92 Å². The third kappa shape index (κ3) is 3.72. The van der Waals surface area contributed by atoms with E-state index in [9.17, 15) is 4.39 Å². The van der Waals surface area contributed by atoms with Crippen LogP contribution in [0.2, 0.25) is 0 Å². The first kappa shape index (κ1) is 16.5. The molecule has 0 bridgehead atoms. The van der Waals surface area contributed by atoms with Gasteiger partial charge in [-0.25, -0.2) is 4.39 Å². The molecule has 0 aliphatic rings. The van der Waals surface area contributed by atoms with Gasteiger partial charge in [0, 0.05) is 24.0 Å². The van der Waals surface area contributed by atoms with E-state index in [2.05, 4.69) is 29.4 Å². The largest absolute Gasteiger partial charge is 0.363 e. The average molecular weight is 302 g/mol. The second kappa shape index (κ2) is 7.28. The van der Waals surface area contributed by atoms with Crippen molar-refractivity contribution in [3.8, 4) is 0 Å². The summed E-state index contributed by atoms with van der Waals surface area (Å²) in [6.07, 6.45) is 3.65. The van der Waals surface area contributed by atoms with Gasteiger partial charge in [-0.3, -0.25) is 9.36 Å². The highest BCUT2D eigenvalue weighted by Gasteiger charge is 2.08. The molecule has 0 aliphatic heterocycles. The van der Waals surface area contributed by atoms with Crippen LogP contribution in [0.3, 0.4) is 0 Å². The molecule has 1 N–H and O–H groups in total. The molecule has 0 atom stereocenters. The minimum absolute atomic E-state index is 0. The van der Waals surface area contributed by atoms with E-state index in [0.717, 1.165) is 17.1 Å². The lowest BCUT2D eigenvalue weighted by Gasteiger charge is -2.11. The number of alkyl halides is 1. The van der Waals surface area contributed by atoms with Crippen LogP contribution in [0.1, 0.15) is 31.1 Å². The lowest BCUT2D eigenvalue weighted by Crippen LogP contribution is -2.11. The molecule has 0 unspecified atom stereocenters. The van der Waals surface area contributed by atoms with E-state index >= 15 is 0 Å². The molecular formula is C13H21ClFN5. The molecule has 5 nitrogen and oxygen atoms in total. The Balaban J connectivity index is 0.00000200. The Morgan fingerprint density at radius 2 is 2.15 bits per heavy atom. The Hall–Kier alpha value is -1.56. The maximum atomic E-state index is 12.3. The van der Waals surface area contributed by atoms with Crippen molar-refractivity contribution in [3.63, 3.8) is 0 Å². The van der Waals surface area contributed by atoms with E-state index in [-0.39, 0.29) is 12.4 Å². The first-order valence-electron chi connectivity index (χ1n) is 6.48. The normalized spacial score (nSPS) is 10.7. The summed E-state index contributed by atoms with van der Waals surface area (Å²) < 4.78 is 15.9. The van der Waals surface area contributed by atoms with Crippen LogP contribution >= 0.6 is 12.4 Å². The molecule has 0 spiro atoms. The third-order valence-electron chi connectivity index (χ3n) is 2.94. The van der Waals surface area contributed by atoms with E-state index in [0.29, 0.717) is 19.1 Å². The average Bonchev–Trinajstić information content (AvgIpc) is 2.94. The van der Waals surface area contributed by atoms with Gasteiger partial charge in [-0.2, -0.15) is 10.2 Å². The second-order valence-electron chi connectivity index (χ2n) is 4.83. The van der Waals surface area contributed by atoms with Crippen molar-refractivity contribution in [3.05, 3.63) is 29.7 Å². The van der Waals surface area contributed by atoms with E-state index in [1.54, 1.807) is 10.9 Å². The van der Waals surface area contributed by atoms with Gasteiger partial charge in [-0.1, -0.05) is 0 Å². The molecule has 0 radical (unpaired) electrons. The second-order valence-corrected chi connectivity index (χ2v) is 4.83. The monoisotopic (exact) mass is 301 g/mol. The predicted molar refractivity (Wildman–Crippen MR) is 80.1 cm³/mol. The van der Waals surface area contributed by atoms with Crippen LogP contribution < -0.4 is 5.32 Å². The van der Waals surface area contributed by atoms with E-state index in [1.807, 2.05) is 23.9 Å². The first-order valence-corrected chi connectivity index (χ1v) is 6.48. The van der Waals surface area contributed by atoms with Crippen LogP contribution in [0.15, 0.2) is 18.5 Å². The molecule has 0 amide bonds. The fraction of sp³-hybridized carbons (Fsp3) is 0.538. The van der Waals surface area contributed by atoms with Crippen LogP contribution in [-0.4, -0.2) is 26.2 Å². The van der Waals surface area contributed by atoms with Gasteiger partial charge in [0.2, 0.25) is 0 Å². The molecule has 2 heterocycles. The minimum atomic E-state index is -0.402. The van der Waals surface area contributed by atoms with Crippen molar-refractivity contribution in [2.45, 2.75) is 39.9 Å². The fourth-order valence-corrected chi connectivity index (χ4v) is 2.02. The quantitative estimate of drug-likeness (QED) is 0.892. The smallest absolute Gasteiger partial charge is 0.151 e. The summed E-state index contributed by atoms with van der Waals surface area (Å²) in [5, 5.41) is 11.9. The standard InChI is InChI=1S/C13H20FN5.ClH/c1-10(2)19-12(4-6-16-19)8-15-13-11(3)9-18(17-13)7-5-14;/h4,6,9-10H,5,7-8H2,1-3H3,(H,15,17);1H. The van der Waals surface area contributed by atoms with Gasteiger partial charge < -0.3 is 5.32 Å². The van der Waals surface area contributed by atoms with Crippen LogP contribution in [-0.2, 0) is 13.1 Å². The van der Waals surface area contributed by atoms with Gasteiger partial charge in [0.05, 0.1) is 18.8 Å². The zero-order valence-corrected chi connectivity index (χ0v) is 12.8. The van der Waals surface area contributed by atoms with Crippen molar-refractivity contribution >= 4 is 18.2 Å². The summed E-state index contributed by atoms with van der Waals surface area (Å²) in [7, 11) is 0. The maximum Gasteiger partial charge on any atom is 0.151 e. The summed E-state index contributed by atoms with van der Waals surface area (Å²) in [5.74, 6) is 0.796. The number of halogens is 2. The lowest BCUT2D eigenvalue weighted by molar-refractivity contribution is 0.427. The minimum Gasteiger partial charge on any atom is -0.363 e. The van der Waals surface area contributed by atoms with Crippen LogP contribution in [0.4, 0.5) is 10.2 Å². The molecule has 0 aliphatic carbocycles. The number of nitrogens with one attached hydrogen (secondary N) is 1. The van der Waals surface area contributed by atoms with Crippen molar-refractivity contribution in [2.75, 3.05) is 12.0 Å². The Labute approximate surface area is 124 Å². The summed E-state index contributed by atoms with van der Waals surface area (Å²) in [6, 6.07) is 2.32. The molecule has 0 fully saturated rings. The number of hydrogen-bond acceptors (Lipinski definition) is 3. The highest BCUT2D eigenvalue weighted by Crippen LogP contribution is 2.14. The summed E-state index contributed by atoms with van der Waals surface area (Å²) in [4.78, 5) is 0. The molecule has 20 heavy (non-hydrogen) atoms. The molecule has 0 saturated carbocycles. The molecular weight excluding hydrogens is 281 g/mol. The molecule has 0 aromatic carbocycles. The summed E-state index contributed by atoms with van der Waals surface area (Å²) >= 11 is 0. The number of anilines is 1. The topological polar surface area (TPSA) is 47.7 Å². The Bertz CT molecular complexity index is 535. The molecule has 2 aromatic heterocycles. The summed E-state index contributed by atoms with van der Waals surface area (Å²) in [5.41, 5.74) is 2.12. The van der Waals surface area contributed by atoms with Gasteiger partial charge in [-0.15, -0.1) is 12.4 Å². The summed E-state index contributed by atoms with van der Waals surface area (Å²) in [6.45, 7) is 6.71. The molecule has 0 saturated heterocycles. The van der Waals surface area contributed by atoms with Crippen molar-refractivity contribution < 1.29 is 4.39 Å². The number of hydrogen-bond donors (Lipinski definition) is 1. The van der Waals surface area contributed by atoms with Gasteiger partial charge in [-0.05, 0) is 26.8 Å². The fourth-order valence-electron chi connectivity index (χ4n) is 2.02. The number of aromatic nitrogens is 4. The van der Waals surface area contributed by atoms with Crippen molar-refractivity contribution in [1.82, 2.24) is 19.6 Å². The van der Waals surface area contributed by atoms with Crippen molar-refractivity contribution in [1.29, 1.82) is 0 Å².